The third-order valence-corrected chi connectivity index (χ3v) is 4.14. The van der Waals surface area contributed by atoms with Crippen LogP contribution in [0.25, 0.3) is 6.08 Å². The summed E-state index contributed by atoms with van der Waals surface area (Å²) in [5, 5.41) is 2.89. The highest BCUT2D eigenvalue weighted by molar-refractivity contribution is 5.91. The van der Waals surface area contributed by atoms with Gasteiger partial charge in [0, 0.05) is 25.1 Å². The van der Waals surface area contributed by atoms with Gasteiger partial charge in [0.1, 0.15) is 11.5 Å². The lowest BCUT2D eigenvalue weighted by Gasteiger charge is -2.17. The second-order valence-electron chi connectivity index (χ2n) is 5.71. The number of hydrogen-bond donors (Lipinski definition) is 1. The predicted octanol–water partition coefficient (Wildman–Crippen LogP) is 2.87. The molecule has 1 aromatic heterocycles. The van der Waals surface area contributed by atoms with Gasteiger partial charge in [-0.15, -0.1) is 0 Å². The SMILES string of the molecule is CCN(CC)CCNC(=O)/C=C/c1ccc(C2CC2C)o1. The normalized spacial score (nSPS) is 21.1. The van der Waals surface area contributed by atoms with Gasteiger partial charge < -0.3 is 14.6 Å². The van der Waals surface area contributed by atoms with Gasteiger partial charge in [-0.25, -0.2) is 0 Å². The van der Waals surface area contributed by atoms with E-state index < -0.39 is 0 Å². The summed E-state index contributed by atoms with van der Waals surface area (Å²) in [6.45, 7) is 10.1. The summed E-state index contributed by atoms with van der Waals surface area (Å²) in [4.78, 5) is 14.0. The van der Waals surface area contributed by atoms with Gasteiger partial charge in [-0.2, -0.15) is 0 Å². The largest absolute Gasteiger partial charge is 0.461 e. The molecule has 21 heavy (non-hydrogen) atoms. The highest BCUT2D eigenvalue weighted by atomic mass is 16.3. The van der Waals surface area contributed by atoms with Crippen LogP contribution in [0, 0.1) is 5.92 Å². The minimum absolute atomic E-state index is 0.0695. The van der Waals surface area contributed by atoms with Gasteiger partial charge in [0.05, 0.1) is 0 Å². The van der Waals surface area contributed by atoms with E-state index >= 15 is 0 Å². The van der Waals surface area contributed by atoms with Gasteiger partial charge in [0.2, 0.25) is 5.91 Å². The van der Waals surface area contributed by atoms with Crippen LogP contribution in [0.3, 0.4) is 0 Å². The number of carbonyl (C=O) groups is 1. The van der Waals surface area contributed by atoms with Crippen molar-refractivity contribution in [2.24, 2.45) is 5.92 Å². The molecule has 4 nitrogen and oxygen atoms in total. The Balaban J connectivity index is 1.73. The molecule has 1 fully saturated rings. The van der Waals surface area contributed by atoms with Gasteiger partial charge in [0.15, 0.2) is 0 Å². The first-order valence-corrected chi connectivity index (χ1v) is 7.92. The molecule has 0 aliphatic heterocycles. The highest BCUT2D eigenvalue weighted by Crippen LogP contribution is 2.47. The number of carbonyl (C=O) groups excluding carboxylic acids is 1. The summed E-state index contributed by atoms with van der Waals surface area (Å²) in [6.07, 6.45) is 4.49. The van der Waals surface area contributed by atoms with Crippen molar-refractivity contribution in [3.8, 4) is 0 Å². The van der Waals surface area contributed by atoms with Crippen LogP contribution in [-0.2, 0) is 4.79 Å². The number of rotatable bonds is 8. The lowest BCUT2D eigenvalue weighted by atomic mass is 10.3. The van der Waals surface area contributed by atoms with Crippen molar-refractivity contribution in [2.45, 2.75) is 33.1 Å². The smallest absolute Gasteiger partial charge is 0.244 e. The maximum atomic E-state index is 11.7. The second kappa shape index (κ2) is 7.46. The van der Waals surface area contributed by atoms with Crippen LogP contribution in [-0.4, -0.2) is 37.0 Å². The quantitative estimate of drug-likeness (QED) is 0.749. The van der Waals surface area contributed by atoms with Crippen molar-refractivity contribution in [1.29, 1.82) is 0 Å². The molecule has 2 rings (SSSR count). The number of nitrogens with zero attached hydrogens (tertiary/aromatic N) is 1. The fourth-order valence-corrected chi connectivity index (χ4v) is 2.47. The standard InChI is InChI=1S/C17H26N2O2/c1-4-19(5-2)11-10-18-17(20)9-7-14-6-8-16(21-14)15-12-13(15)3/h6-9,13,15H,4-5,10-12H2,1-3H3,(H,18,20)/b9-7+. The van der Waals surface area contributed by atoms with Crippen molar-refractivity contribution in [3.63, 3.8) is 0 Å². The molecule has 1 aromatic rings. The molecule has 0 saturated heterocycles. The Labute approximate surface area is 127 Å². The van der Waals surface area contributed by atoms with E-state index in [0.29, 0.717) is 12.5 Å². The molecule has 1 aliphatic carbocycles. The fraction of sp³-hybridized carbons (Fsp3) is 0.588. The van der Waals surface area contributed by atoms with E-state index in [-0.39, 0.29) is 5.91 Å². The Kier molecular flexibility index (Phi) is 5.62. The molecule has 1 aliphatic rings. The maximum absolute atomic E-state index is 11.7. The Morgan fingerprint density at radius 1 is 1.43 bits per heavy atom. The van der Waals surface area contributed by atoms with E-state index in [0.717, 1.165) is 37.1 Å². The first-order chi connectivity index (χ1) is 10.1. The van der Waals surface area contributed by atoms with Crippen molar-refractivity contribution in [1.82, 2.24) is 10.2 Å². The highest BCUT2D eigenvalue weighted by Gasteiger charge is 2.36. The lowest BCUT2D eigenvalue weighted by Crippen LogP contribution is -2.34. The first-order valence-electron chi connectivity index (χ1n) is 7.92. The molecule has 0 aromatic carbocycles. The zero-order valence-corrected chi connectivity index (χ0v) is 13.3. The average Bonchev–Trinajstić information content (AvgIpc) is 3.03. The third kappa shape index (κ3) is 4.74. The van der Waals surface area contributed by atoms with E-state index in [2.05, 4.69) is 31.0 Å². The molecule has 1 saturated carbocycles. The summed E-state index contributed by atoms with van der Waals surface area (Å²) in [7, 11) is 0. The molecular formula is C17H26N2O2. The molecule has 0 bridgehead atoms. The van der Waals surface area contributed by atoms with Crippen LogP contribution in [0.15, 0.2) is 22.6 Å². The minimum atomic E-state index is -0.0695. The van der Waals surface area contributed by atoms with E-state index in [1.165, 1.54) is 6.42 Å². The number of hydrogen-bond acceptors (Lipinski definition) is 3. The molecular weight excluding hydrogens is 264 g/mol. The second-order valence-corrected chi connectivity index (χ2v) is 5.71. The summed E-state index contributed by atoms with van der Waals surface area (Å²) >= 11 is 0. The Bertz CT molecular complexity index is 489. The zero-order valence-electron chi connectivity index (χ0n) is 13.3. The Morgan fingerprint density at radius 2 is 2.14 bits per heavy atom. The summed E-state index contributed by atoms with van der Waals surface area (Å²) in [5.74, 6) is 3.04. The van der Waals surface area contributed by atoms with Crippen molar-refractivity contribution >= 4 is 12.0 Å². The summed E-state index contributed by atoms with van der Waals surface area (Å²) < 4.78 is 5.73. The average molecular weight is 290 g/mol. The van der Waals surface area contributed by atoms with E-state index in [4.69, 9.17) is 4.42 Å². The van der Waals surface area contributed by atoms with Crippen LogP contribution in [0.5, 0.6) is 0 Å². The molecule has 0 spiro atoms. The zero-order chi connectivity index (χ0) is 15.2. The van der Waals surface area contributed by atoms with Gasteiger partial charge in [-0.3, -0.25) is 4.79 Å². The van der Waals surface area contributed by atoms with Crippen LogP contribution in [0.2, 0.25) is 0 Å². The van der Waals surface area contributed by atoms with Gasteiger partial charge in [-0.1, -0.05) is 20.8 Å². The summed E-state index contributed by atoms with van der Waals surface area (Å²) in [5.41, 5.74) is 0. The molecule has 1 heterocycles. The van der Waals surface area contributed by atoms with E-state index in [1.807, 2.05) is 12.1 Å². The van der Waals surface area contributed by atoms with E-state index in [1.54, 1.807) is 12.2 Å². The Morgan fingerprint density at radius 3 is 2.76 bits per heavy atom. The van der Waals surface area contributed by atoms with Crippen molar-refractivity contribution in [2.75, 3.05) is 26.2 Å². The predicted molar refractivity (Wildman–Crippen MR) is 85.1 cm³/mol. The van der Waals surface area contributed by atoms with Gasteiger partial charge in [0.25, 0.3) is 0 Å². The van der Waals surface area contributed by atoms with Gasteiger partial charge in [-0.05, 0) is 43.6 Å². The number of amides is 1. The molecule has 4 heteroatoms. The fourth-order valence-electron chi connectivity index (χ4n) is 2.47. The minimum Gasteiger partial charge on any atom is -0.461 e. The first kappa shape index (κ1) is 15.8. The molecule has 2 atom stereocenters. The van der Waals surface area contributed by atoms with Crippen molar-refractivity contribution < 1.29 is 9.21 Å². The number of likely N-dealkylation sites (N-methyl/N-ethyl adjacent to an activating group) is 1. The molecule has 0 radical (unpaired) electrons. The topological polar surface area (TPSA) is 45.5 Å². The lowest BCUT2D eigenvalue weighted by molar-refractivity contribution is -0.116. The van der Waals surface area contributed by atoms with Gasteiger partial charge >= 0.3 is 0 Å². The van der Waals surface area contributed by atoms with E-state index in [9.17, 15) is 4.79 Å². The van der Waals surface area contributed by atoms with Crippen molar-refractivity contribution in [3.05, 3.63) is 29.7 Å². The Hall–Kier alpha value is -1.55. The summed E-state index contributed by atoms with van der Waals surface area (Å²) in [6, 6.07) is 3.95. The molecule has 116 valence electrons. The molecule has 2 unspecified atom stereocenters. The molecule has 1 amide bonds. The van der Waals surface area contributed by atoms with Crippen LogP contribution in [0.1, 0.15) is 44.6 Å². The molecule has 1 N–H and O–H groups in total. The number of furan rings is 1. The number of nitrogens with one attached hydrogen (secondary N) is 1. The maximum Gasteiger partial charge on any atom is 0.244 e. The van der Waals surface area contributed by atoms with Crippen LogP contribution >= 0.6 is 0 Å². The van der Waals surface area contributed by atoms with Crippen LogP contribution in [0.4, 0.5) is 0 Å². The van der Waals surface area contributed by atoms with Crippen LogP contribution < -0.4 is 5.32 Å². The monoisotopic (exact) mass is 290 g/mol. The third-order valence-electron chi connectivity index (χ3n) is 4.14.